The molecular formula is C16H14ClF4NO. The highest BCUT2D eigenvalue weighted by Gasteiger charge is 2.30. The summed E-state index contributed by atoms with van der Waals surface area (Å²) < 4.78 is 57.3. The molecule has 7 heteroatoms. The molecule has 2 aromatic rings. The van der Waals surface area contributed by atoms with Gasteiger partial charge in [0.25, 0.3) is 0 Å². The van der Waals surface area contributed by atoms with Gasteiger partial charge in [0, 0.05) is 11.6 Å². The van der Waals surface area contributed by atoms with Crippen LogP contribution in [0.25, 0.3) is 0 Å². The molecule has 0 aromatic heterocycles. The Hall–Kier alpha value is -1.79. The number of hydrogen-bond donors (Lipinski definition) is 1. The predicted octanol–water partition coefficient (Wildman–Crippen LogP) is 5.70. The molecule has 1 atom stereocenters. The second-order valence-corrected chi connectivity index (χ2v) is 5.33. The van der Waals surface area contributed by atoms with Crippen molar-refractivity contribution in [3.05, 3.63) is 58.4 Å². The highest BCUT2D eigenvalue weighted by atomic mass is 35.5. The molecule has 124 valence electrons. The van der Waals surface area contributed by atoms with E-state index in [1.165, 1.54) is 12.1 Å². The Morgan fingerprint density at radius 2 is 1.74 bits per heavy atom. The molecule has 0 bridgehead atoms. The van der Waals surface area contributed by atoms with Crippen LogP contribution >= 0.6 is 11.6 Å². The van der Waals surface area contributed by atoms with Gasteiger partial charge in [0.15, 0.2) is 11.6 Å². The van der Waals surface area contributed by atoms with E-state index in [1.54, 1.807) is 6.92 Å². The Kier molecular flexibility index (Phi) is 5.16. The molecule has 23 heavy (non-hydrogen) atoms. The van der Waals surface area contributed by atoms with Crippen molar-refractivity contribution >= 4 is 11.6 Å². The van der Waals surface area contributed by atoms with E-state index >= 15 is 0 Å². The predicted molar refractivity (Wildman–Crippen MR) is 80.1 cm³/mol. The highest BCUT2D eigenvalue weighted by Crippen LogP contribution is 2.37. The van der Waals surface area contributed by atoms with Crippen LogP contribution in [-0.2, 0) is 6.18 Å². The smallest absolute Gasteiger partial charge is 0.416 e. The van der Waals surface area contributed by atoms with E-state index in [4.69, 9.17) is 22.1 Å². The standard InChI is InChI=1S/C16H14ClF4NO/c1-2-13(22)11-7-8-12(17)15(14(11)18)23-10-5-3-9(4-6-10)16(19,20)21/h3-8,13H,2,22H2,1H3/t13-/m1/s1. The third-order valence-corrected chi connectivity index (χ3v) is 3.62. The van der Waals surface area contributed by atoms with E-state index in [0.29, 0.717) is 6.42 Å². The van der Waals surface area contributed by atoms with E-state index in [9.17, 15) is 17.6 Å². The van der Waals surface area contributed by atoms with Crippen LogP contribution < -0.4 is 10.5 Å². The largest absolute Gasteiger partial charge is 0.453 e. The Balaban J connectivity index is 2.33. The Morgan fingerprint density at radius 3 is 2.26 bits per heavy atom. The maximum absolute atomic E-state index is 14.5. The van der Waals surface area contributed by atoms with Crippen LogP contribution in [0, 0.1) is 5.82 Å². The monoisotopic (exact) mass is 347 g/mol. The summed E-state index contributed by atoms with van der Waals surface area (Å²) >= 11 is 5.92. The third kappa shape index (κ3) is 3.95. The lowest BCUT2D eigenvalue weighted by Gasteiger charge is -2.15. The first-order chi connectivity index (χ1) is 10.7. The van der Waals surface area contributed by atoms with Crippen molar-refractivity contribution in [2.75, 3.05) is 0 Å². The van der Waals surface area contributed by atoms with Crippen molar-refractivity contribution < 1.29 is 22.3 Å². The number of rotatable bonds is 4. The van der Waals surface area contributed by atoms with Gasteiger partial charge in [-0.25, -0.2) is 4.39 Å². The van der Waals surface area contributed by atoms with E-state index in [1.807, 2.05) is 0 Å². The average molecular weight is 348 g/mol. The lowest BCUT2D eigenvalue weighted by atomic mass is 10.0. The zero-order valence-corrected chi connectivity index (χ0v) is 12.9. The van der Waals surface area contributed by atoms with Crippen molar-refractivity contribution in [2.24, 2.45) is 5.73 Å². The Labute approximate surface area is 135 Å². The third-order valence-electron chi connectivity index (χ3n) is 3.32. The van der Waals surface area contributed by atoms with Gasteiger partial charge in [0.1, 0.15) is 5.75 Å². The van der Waals surface area contributed by atoms with E-state index in [-0.39, 0.29) is 22.1 Å². The molecule has 0 amide bonds. The van der Waals surface area contributed by atoms with Gasteiger partial charge in [0.2, 0.25) is 0 Å². The molecule has 0 unspecified atom stereocenters. The fourth-order valence-corrected chi connectivity index (χ4v) is 2.16. The summed E-state index contributed by atoms with van der Waals surface area (Å²) in [6.07, 6.45) is -3.94. The topological polar surface area (TPSA) is 35.2 Å². The number of halogens is 5. The normalized spacial score (nSPS) is 13.0. The number of alkyl halides is 3. The molecule has 0 saturated carbocycles. The second-order valence-electron chi connectivity index (χ2n) is 4.92. The van der Waals surface area contributed by atoms with Gasteiger partial charge in [-0.15, -0.1) is 0 Å². The van der Waals surface area contributed by atoms with Crippen molar-refractivity contribution in [3.63, 3.8) is 0 Å². The number of ether oxygens (including phenoxy) is 1. The molecule has 0 aliphatic heterocycles. The summed E-state index contributed by atoms with van der Waals surface area (Å²) in [5, 5.41) is 0.00875. The van der Waals surface area contributed by atoms with Crippen molar-refractivity contribution in [2.45, 2.75) is 25.6 Å². The summed E-state index contributed by atoms with van der Waals surface area (Å²) in [5.41, 5.74) is 5.23. The fourth-order valence-electron chi connectivity index (χ4n) is 1.98. The summed E-state index contributed by atoms with van der Waals surface area (Å²) in [5.74, 6) is -0.930. The minimum absolute atomic E-state index is 0.00875. The Bertz CT molecular complexity index is 686. The van der Waals surface area contributed by atoms with Gasteiger partial charge in [0.05, 0.1) is 10.6 Å². The Morgan fingerprint density at radius 1 is 1.13 bits per heavy atom. The molecule has 0 aliphatic rings. The van der Waals surface area contributed by atoms with Crippen LogP contribution in [0.3, 0.4) is 0 Å². The molecule has 2 N–H and O–H groups in total. The fraction of sp³-hybridized carbons (Fsp3) is 0.250. The molecule has 0 saturated heterocycles. The zero-order chi connectivity index (χ0) is 17.2. The summed E-state index contributed by atoms with van der Waals surface area (Å²) in [7, 11) is 0. The molecule has 2 aromatic carbocycles. The molecule has 0 spiro atoms. The maximum atomic E-state index is 14.5. The number of nitrogens with two attached hydrogens (primary N) is 1. The van der Waals surface area contributed by atoms with Gasteiger partial charge in [-0.3, -0.25) is 0 Å². The SMILES string of the molecule is CC[C@@H](N)c1ccc(Cl)c(Oc2ccc(C(F)(F)F)cc2)c1F. The van der Waals surface area contributed by atoms with Gasteiger partial charge < -0.3 is 10.5 Å². The molecular weight excluding hydrogens is 334 g/mol. The molecule has 0 aliphatic carbocycles. The van der Waals surface area contributed by atoms with Crippen LogP contribution in [-0.4, -0.2) is 0 Å². The summed E-state index contributed by atoms with van der Waals surface area (Å²) in [4.78, 5) is 0. The maximum Gasteiger partial charge on any atom is 0.416 e. The zero-order valence-electron chi connectivity index (χ0n) is 12.1. The summed E-state index contributed by atoms with van der Waals surface area (Å²) in [6, 6.07) is 6.28. The quantitative estimate of drug-likeness (QED) is 0.720. The van der Waals surface area contributed by atoms with Gasteiger partial charge in [-0.1, -0.05) is 24.6 Å². The first kappa shape index (κ1) is 17.6. The van der Waals surface area contributed by atoms with Crippen LogP contribution in [0.2, 0.25) is 5.02 Å². The molecule has 2 nitrogen and oxygen atoms in total. The van der Waals surface area contributed by atoms with E-state index in [0.717, 1.165) is 24.3 Å². The van der Waals surface area contributed by atoms with E-state index < -0.39 is 23.6 Å². The minimum atomic E-state index is -4.45. The molecule has 0 fully saturated rings. The number of hydrogen-bond acceptors (Lipinski definition) is 2. The van der Waals surface area contributed by atoms with Crippen LogP contribution in [0.4, 0.5) is 17.6 Å². The number of benzene rings is 2. The van der Waals surface area contributed by atoms with Crippen LogP contribution in [0.5, 0.6) is 11.5 Å². The van der Waals surface area contributed by atoms with Crippen LogP contribution in [0.1, 0.15) is 30.5 Å². The lowest BCUT2D eigenvalue weighted by molar-refractivity contribution is -0.137. The minimum Gasteiger partial charge on any atom is -0.453 e. The lowest BCUT2D eigenvalue weighted by Crippen LogP contribution is -2.11. The molecule has 0 radical (unpaired) electrons. The average Bonchev–Trinajstić information content (AvgIpc) is 2.50. The first-order valence-corrected chi connectivity index (χ1v) is 7.20. The molecule has 2 rings (SSSR count). The van der Waals surface area contributed by atoms with Crippen molar-refractivity contribution in [3.8, 4) is 11.5 Å². The summed E-state index contributed by atoms with van der Waals surface area (Å²) in [6.45, 7) is 1.80. The van der Waals surface area contributed by atoms with Crippen molar-refractivity contribution in [1.82, 2.24) is 0 Å². The van der Waals surface area contributed by atoms with Crippen LogP contribution in [0.15, 0.2) is 36.4 Å². The first-order valence-electron chi connectivity index (χ1n) is 6.82. The van der Waals surface area contributed by atoms with Gasteiger partial charge >= 0.3 is 6.18 Å². The molecule has 0 heterocycles. The van der Waals surface area contributed by atoms with Gasteiger partial charge in [-0.05, 0) is 36.8 Å². The highest BCUT2D eigenvalue weighted by molar-refractivity contribution is 6.32. The second kappa shape index (κ2) is 6.76. The van der Waals surface area contributed by atoms with Crippen molar-refractivity contribution in [1.29, 1.82) is 0 Å². The van der Waals surface area contributed by atoms with Gasteiger partial charge in [-0.2, -0.15) is 13.2 Å². The van der Waals surface area contributed by atoms with E-state index in [2.05, 4.69) is 0 Å².